The van der Waals surface area contributed by atoms with Crippen LogP contribution in [0.25, 0.3) is 0 Å². The van der Waals surface area contributed by atoms with E-state index in [0.29, 0.717) is 6.54 Å². The van der Waals surface area contributed by atoms with Gasteiger partial charge >= 0.3 is 0 Å². The normalized spacial score (nSPS) is 9.18. The molecule has 0 rings (SSSR count). The molecule has 11 heavy (non-hydrogen) atoms. The fraction of sp³-hybridized carbons (Fsp3) is 0.667. The first-order valence-corrected chi connectivity index (χ1v) is 3.36. The summed E-state index contributed by atoms with van der Waals surface area (Å²) in [6, 6.07) is 0. The minimum absolute atomic E-state index is 0.131. The Morgan fingerprint density at radius 3 is 2.55 bits per heavy atom. The van der Waals surface area contributed by atoms with Crippen molar-refractivity contribution in [1.82, 2.24) is 10.6 Å². The smallest absolute Gasteiger partial charge is 0.233 e. The molecule has 0 unspecified atom stereocenters. The van der Waals surface area contributed by atoms with Gasteiger partial charge in [-0.3, -0.25) is 9.59 Å². The van der Waals surface area contributed by atoms with Gasteiger partial charge in [-0.25, -0.2) is 0 Å². The van der Waals surface area contributed by atoms with Gasteiger partial charge in [0.25, 0.3) is 0 Å². The van der Waals surface area contributed by atoms with Crippen molar-refractivity contribution >= 4 is 11.8 Å². The van der Waals surface area contributed by atoms with Crippen LogP contribution < -0.4 is 16.4 Å². The lowest BCUT2D eigenvalue weighted by Crippen LogP contribution is -2.34. The molecule has 0 aliphatic heterocycles. The van der Waals surface area contributed by atoms with Gasteiger partial charge in [0.1, 0.15) is 0 Å². The SMILES string of the molecule is CNCC(=O)NCCC(N)=O. The highest BCUT2D eigenvalue weighted by Gasteiger charge is 1.98. The Morgan fingerprint density at radius 2 is 2.09 bits per heavy atom. The van der Waals surface area contributed by atoms with Crippen molar-refractivity contribution in [1.29, 1.82) is 0 Å². The van der Waals surface area contributed by atoms with Gasteiger partial charge in [-0.05, 0) is 7.05 Å². The van der Waals surface area contributed by atoms with E-state index in [2.05, 4.69) is 10.6 Å². The molecule has 0 aliphatic rings. The van der Waals surface area contributed by atoms with Crippen molar-refractivity contribution in [2.45, 2.75) is 6.42 Å². The molecule has 4 N–H and O–H groups in total. The van der Waals surface area contributed by atoms with Crippen molar-refractivity contribution in [3.63, 3.8) is 0 Å². The van der Waals surface area contributed by atoms with Crippen LogP contribution in [0.2, 0.25) is 0 Å². The van der Waals surface area contributed by atoms with Crippen LogP contribution in [-0.2, 0) is 9.59 Å². The largest absolute Gasteiger partial charge is 0.370 e. The zero-order chi connectivity index (χ0) is 8.69. The second kappa shape index (κ2) is 5.67. The zero-order valence-corrected chi connectivity index (χ0v) is 6.52. The van der Waals surface area contributed by atoms with Gasteiger partial charge in [0.05, 0.1) is 6.54 Å². The zero-order valence-electron chi connectivity index (χ0n) is 6.52. The van der Waals surface area contributed by atoms with Crippen molar-refractivity contribution in [2.75, 3.05) is 20.1 Å². The van der Waals surface area contributed by atoms with E-state index in [1.165, 1.54) is 0 Å². The highest BCUT2D eigenvalue weighted by Crippen LogP contribution is 1.72. The molecular formula is C6H13N3O2. The molecular weight excluding hydrogens is 146 g/mol. The van der Waals surface area contributed by atoms with Crippen LogP contribution in [-0.4, -0.2) is 32.0 Å². The predicted octanol–water partition coefficient (Wildman–Crippen LogP) is -1.80. The van der Waals surface area contributed by atoms with Gasteiger partial charge in [-0.1, -0.05) is 0 Å². The van der Waals surface area contributed by atoms with Gasteiger partial charge in [-0.2, -0.15) is 0 Å². The second-order valence-corrected chi connectivity index (χ2v) is 2.10. The van der Waals surface area contributed by atoms with Crippen LogP contribution in [0.15, 0.2) is 0 Å². The molecule has 2 amide bonds. The van der Waals surface area contributed by atoms with Crippen LogP contribution in [0.4, 0.5) is 0 Å². The molecule has 0 saturated heterocycles. The molecule has 0 bridgehead atoms. The molecule has 0 spiro atoms. The summed E-state index contributed by atoms with van der Waals surface area (Å²) in [5, 5.41) is 5.19. The summed E-state index contributed by atoms with van der Waals surface area (Å²) in [7, 11) is 1.67. The Kier molecular flexibility index (Phi) is 5.10. The number of primary amides is 1. The molecule has 0 aliphatic carbocycles. The summed E-state index contributed by atoms with van der Waals surface area (Å²) >= 11 is 0. The molecule has 5 heteroatoms. The summed E-state index contributed by atoms with van der Waals surface area (Å²) in [5.74, 6) is -0.538. The highest BCUT2D eigenvalue weighted by atomic mass is 16.2. The van der Waals surface area contributed by atoms with E-state index in [1.807, 2.05) is 0 Å². The maximum Gasteiger partial charge on any atom is 0.233 e. The monoisotopic (exact) mass is 159 g/mol. The molecule has 0 atom stereocenters. The van der Waals surface area contributed by atoms with Crippen molar-refractivity contribution in [3.05, 3.63) is 0 Å². The van der Waals surface area contributed by atoms with Crippen LogP contribution in [0.3, 0.4) is 0 Å². The number of hydrogen-bond donors (Lipinski definition) is 3. The third-order valence-electron chi connectivity index (χ3n) is 1.03. The molecule has 0 fully saturated rings. The van der Waals surface area contributed by atoms with E-state index >= 15 is 0 Å². The molecule has 0 radical (unpaired) electrons. The summed E-state index contributed by atoms with van der Waals surface area (Å²) in [5.41, 5.74) is 4.85. The number of nitrogens with two attached hydrogens (primary N) is 1. The Labute approximate surface area is 65.3 Å². The van der Waals surface area contributed by atoms with Crippen LogP contribution in [0.1, 0.15) is 6.42 Å². The topological polar surface area (TPSA) is 84.2 Å². The Morgan fingerprint density at radius 1 is 1.45 bits per heavy atom. The number of rotatable bonds is 5. The first kappa shape index (κ1) is 9.90. The van der Waals surface area contributed by atoms with E-state index in [9.17, 15) is 9.59 Å². The maximum absolute atomic E-state index is 10.7. The number of likely N-dealkylation sites (N-methyl/N-ethyl adjacent to an activating group) is 1. The Hall–Kier alpha value is -1.10. The summed E-state index contributed by atoms with van der Waals surface area (Å²) in [4.78, 5) is 20.9. The number of amides is 2. The van der Waals surface area contributed by atoms with Gasteiger partial charge < -0.3 is 16.4 Å². The van der Waals surface area contributed by atoms with E-state index in [0.717, 1.165) is 0 Å². The van der Waals surface area contributed by atoms with Crippen molar-refractivity contribution < 1.29 is 9.59 Å². The van der Waals surface area contributed by atoms with Crippen LogP contribution in [0.5, 0.6) is 0 Å². The number of carbonyl (C=O) groups excluding carboxylic acids is 2. The van der Waals surface area contributed by atoms with Gasteiger partial charge in [0, 0.05) is 13.0 Å². The lowest BCUT2D eigenvalue weighted by molar-refractivity contribution is -0.120. The first-order chi connectivity index (χ1) is 5.16. The second-order valence-electron chi connectivity index (χ2n) is 2.10. The fourth-order valence-corrected chi connectivity index (χ4v) is 0.548. The highest BCUT2D eigenvalue weighted by molar-refractivity contribution is 5.79. The Balaban J connectivity index is 3.24. The maximum atomic E-state index is 10.7. The molecule has 5 nitrogen and oxygen atoms in total. The van der Waals surface area contributed by atoms with E-state index in [-0.39, 0.29) is 18.9 Å². The minimum atomic E-state index is -0.408. The third kappa shape index (κ3) is 6.79. The molecule has 0 saturated carbocycles. The van der Waals surface area contributed by atoms with Crippen molar-refractivity contribution in [3.8, 4) is 0 Å². The minimum Gasteiger partial charge on any atom is -0.370 e. The van der Waals surface area contributed by atoms with E-state index in [4.69, 9.17) is 5.73 Å². The number of hydrogen-bond acceptors (Lipinski definition) is 3. The summed E-state index contributed by atoms with van der Waals surface area (Å²) in [6.45, 7) is 0.578. The van der Waals surface area contributed by atoms with Crippen LogP contribution in [0, 0.1) is 0 Å². The lowest BCUT2D eigenvalue weighted by atomic mass is 10.4. The molecule has 0 aromatic carbocycles. The average molecular weight is 159 g/mol. The fourth-order valence-electron chi connectivity index (χ4n) is 0.548. The molecule has 0 heterocycles. The quantitative estimate of drug-likeness (QED) is 0.442. The summed E-state index contributed by atoms with van der Waals surface area (Å²) in [6.07, 6.45) is 0.190. The van der Waals surface area contributed by atoms with E-state index in [1.54, 1.807) is 7.05 Å². The molecule has 0 aromatic rings. The number of nitrogens with one attached hydrogen (secondary N) is 2. The third-order valence-corrected chi connectivity index (χ3v) is 1.03. The van der Waals surface area contributed by atoms with E-state index < -0.39 is 5.91 Å². The van der Waals surface area contributed by atoms with Gasteiger partial charge in [0.2, 0.25) is 11.8 Å². The molecule has 0 aromatic heterocycles. The summed E-state index contributed by atoms with van der Waals surface area (Å²) < 4.78 is 0. The van der Waals surface area contributed by atoms with Gasteiger partial charge in [0.15, 0.2) is 0 Å². The molecule has 64 valence electrons. The number of carbonyl (C=O) groups is 2. The average Bonchev–Trinajstić information content (AvgIpc) is 1.87. The standard InChI is InChI=1S/C6H13N3O2/c1-8-4-6(11)9-3-2-5(7)10/h8H,2-4H2,1H3,(H2,7,10)(H,9,11). The lowest BCUT2D eigenvalue weighted by Gasteiger charge is -2.01. The Bertz CT molecular complexity index is 147. The predicted molar refractivity (Wildman–Crippen MR) is 40.7 cm³/mol. The first-order valence-electron chi connectivity index (χ1n) is 3.36. The van der Waals surface area contributed by atoms with Crippen LogP contribution >= 0.6 is 0 Å². The van der Waals surface area contributed by atoms with Crippen molar-refractivity contribution in [2.24, 2.45) is 5.73 Å². The van der Waals surface area contributed by atoms with Gasteiger partial charge in [-0.15, -0.1) is 0 Å².